The predicted molar refractivity (Wildman–Crippen MR) is 93.7 cm³/mol. The fourth-order valence-corrected chi connectivity index (χ4v) is 3.13. The Morgan fingerprint density at radius 2 is 1.87 bits per heavy atom. The van der Waals surface area contributed by atoms with Gasteiger partial charge in [-0.25, -0.2) is 4.99 Å². The monoisotopic (exact) mass is 316 g/mol. The molecule has 1 saturated carbocycles. The molecule has 0 bridgehead atoms. The Morgan fingerprint density at radius 1 is 1.17 bits per heavy atom. The summed E-state index contributed by atoms with van der Waals surface area (Å²) in [6.45, 7) is 5.99. The minimum atomic E-state index is 0.296. The number of aliphatic imine (C=N–C) groups is 1. The molecule has 1 aliphatic heterocycles. The number of guanidine groups is 1. The summed E-state index contributed by atoms with van der Waals surface area (Å²) in [6.07, 6.45) is 5.18. The molecule has 3 rings (SSSR count). The van der Waals surface area contributed by atoms with Gasteiger partial charge in [0.1, 0.15) is 5.75 Å². The van der Waals surface area contributed by atoms with Crippen LogP contribution in [0.4, 0.5) is 0 Å². The van der Waals surface area contributed by atoms with E-state index < -0.39 is 0 Å². The second-order valence-corrected chi connectivity index (χ2v) is 6.55. The summed E-state index contributed by atoms with van der Waals surface area (Å²) in [5.74, 6) is 1.19. The van der Waals surface area contributed by atoms with Crippen LogP contribution in [0.3, 0.4) is 0 Å². The van der Waals surface area contributed by atoms with Crippen LogP contribution in [0.25, 0.3) is 0 Å². The smallest absolute Gasteiger partial charge is 0.191 e. The number of phenols is 1. The first-order chi connectivity index (χ1) is 11.2. The van der Waals surface area contributed by atoms with Crippen molar-refractivity contribution in [1.82, 2.24) is 15.5 Å². The number of hydrogen-bond acceptors (Lipinski definition) is 3. The van der Waals surface area contributed by atoms with Gasteiger partial charge in [-0.1, -0.05) is 12.1 Å². The zero-order valence-electron chi connectivity index (χ0n) is 14.0. The summed E-state index contributed by atoms with van der Waals surface area (Å²) in [6, 6.07) is 8.64. The summed E-state index contributed by atoms with van der Waals surface area (Å²) in [7, 11) is 0. The van der Waals surface area contributed by atoms with Gasteiger partial charge in [-0.05, 0) is 50.3 Å². The molecule has 1 aliphatic carbocycles. The minimum absolute atomic E-state index is 0.296. The highest BCUT2D eigenvalue weighted by molar-refractivity contribution is 5.80. The van der Waals surface area contributed by atoms with Crippen molar-refractivity contribution in [3.63, 3.8) is 0 Å². The van der Waals surface area contributed by atoms with E-state index in [1.807, 2.05) is 12.1 Å². The van der Waals surface area contributed by atoms with Gasteiger partial charge < -0.3 is 20.6 Å². The van der Waals surface area contributed by atoms with E-state index in [0.29, 0.717) is 18.3 Å². The van der Waals surface area contributed by atoms with Crippen molar-refractivity contribution in [3.8, 4) is 5.75 Å². The van der Waals surface area contributed by atoms with Gasteiger partial charge >= 0.3 is 0 Å². The van der Waals surface area contributed by atoms with Crippen LogP contribution in [0.5, 0.6) is 5.75 Å². The molecule has 1 aromatic rings. The number of hydrogen-bond donors (Lipinski definition) is 3. The van der Waals surface area contributed by atoms with E-state index in [1.165, 1.54) is 38.8 Å². The number of likely N-dealkylation sites (tertiary alicyclic amines) is 1. The Labute approximate surface area is 138 Å². The first-order valence-electron chi connectivity index (χ1n) is 8.81. The molecular weight excluding hydrogens is 288 g/mol. The predicted octanol–water partition coefficient (Wildman–Crippen LogP) is 2.07. The van der Waals surface area contributed by atoms with Crippen LogP contribution in [0.2, 0.25) is 0 Å². The maximum atomic E-state index is 9.33. The topological polar surface area (TPSA) is 59.9 Å². The molecule has 2 aliphatic rings. The third kappa shape index (κ3) is 4.86. The number of rotatable bonds is 5. The fourth-order valence-electron chi connectivity index (χ4n) is 3.13. The number of aromatic hydroxyl groups is 1. The molecule has 2 fully saturated rings. The van der Waals surface area contributed by atoms with E-state index in [0.717, 1.165) is 24.1 Å². The van der Waals surface area contributed by atoms with Crippen molar-refractivity contribution in [2.75, 3.05) is 19.6 Å². The molecule has 1 aromatic carbocycles. The van der Waals surface area contributed by atoms with Crippen molar-refractivity contribution in [2.45, 2.75) is 51.2 Å². The SMILES string of the molecule is CCNC(=NCc1ccc(O)cc1)NC1CCN(C2CC2)CC1. The van der Waals surface area contributed by atoms with Crippen molar-refractivity contribution in [2.24, 2.45) is 4.99 Å². The molecule has 5 heteroatoms. The van der Waals surface area contributed by atoms with Crippen molar-refractivity contribution >= 4 is 5.96 Å². The molecule has 0 spiro atoms. The number of benzene rings is 1. The minimum Gasteiger partial charge on any atom is -0.508 e. The van der Waals surface area contributed by atoms with Crippen LogP contribution >= 0.6 is 0 Å². The van der Waals surface area contributed by atoms with Crippen LogP contribution in [0.15, 0.2) is 29.3 Å². The quantitative estimate of drug-likeness (QED) is 0.575. The molecule has 126 valence electrons. The molecule has 1 saturated heterocycles. The van der Waals surface area contributed by atoms with E-state index in [1.54, 1.807) is 12.1 Å². The largest absolute Gasteiger partial charge is 0.508 e. The van der Waals surface area contributed by atoms with Gasteiger partial charge in [-0.3, -0.25) is 0 Å². The average Bonchev–Trinajstić information content (AvgIpc) is 3.40. The summed E-state index contributed by atoms with van der Waals surface area (Å²) in [5, 5.41) is 16.2. The summed E-state index contributed by atoms with van der Waals surface area (Å²) in [5.41, 5.74) is 1.10. The van der Waals surface area contributed by atoms with Gasteiger partial charge in [-0.2, -0.15) is 0 Å². The van der Waals surface area contributed by atoms with Crippen molar-refractivity contribution < 1.29 is 5.11 Å². The maximum absolute atomic E-state index is 9.33. The Morgan fingerprint density at radius 3 is 2.48 bits per heavy atom. The Kier molecular flexibility index (Phi) is 5.39. The van der Waals surface area contributed by atoms with E-state index >= 15 is 0 Å². The highest BCUT2D eigenvalue weighted by atomic mass is 16.3. The zero-order valence-corrected chi connectivity index (χ0v) is 14.0. The number of piperidine rings is 1. The van der Waals surface area contributed by atoms with Crippen LogP contribution < -0.4 is 10.6 Å². The van der Waals surface area contributed by atoms with Gasteiger partial charge in [0.15, 0.2) is 5.96 Å². The Balaban J connectivity index is 1.51. The fraction of sp³-hybridized carbons (Fsp3) is 0.611. The lowest BCUT2D eigenvalue weighted by Gasteiger charge is -2.33. The van der Waals surface area contributed by atoms with E-state index in [9.17, 15) is 5.11 Å². The summed E-state index contributed by atoms with van der Waals surface area (Å²) < 4.78 is 0. The van der Waals surface area contributed by atoms with Gasteiger partial charge in [0.2, 0.25) is 0 Å². The van der Waals surface area contributed by atoms with Crippen LogP contribution in [0.1, 0.15) is 38.2 Å². The lowest BCUT2D eigenvalue weighted by atomic mass is 10.1. The molecule has 0 atom stereocenters. The first-order valence-corrected chi connectivity index (χ1v) is 8.81. The first kappa shape index (κ1) is 16.1. The van der Waals surface area contributed by atoms with Crippen LogP contribution in [-0.2, 0) is 6.54 Å². The standard InChI is InChI=1S/C18H28N4O/c1-2-19-18(20-13-14-3-7-17(23)8-4-14)21-15-9-11-22(12-10-15)16-5-6-16/h3-4,7-8,15-16,23H,2,5-6,9-13H2,1H3,(H2,19,20,21). The average molecular weight is 316 g/mol. The van der Waals surface area contributed by atoms with Crippen molar-refractivity contribution in [3.05, 3.63) is 29.8 Å². The molecule has 5 nitrogen and oxygen atoms in total. The van der Waals surface area contributed by atoms with Crippen LogP contribution in [-0.4, -0.2) is 47.7 Å². The molecule has 0 radical (unpaired) electrons. The normalized spacial score (nSPS) is 20.5. The molecule has 0 unspecified atom stereocenters. The number of phenolic OH excluding ortho intramolecular Hbond substituents is 1. The molecule has 0 amide bonds. The van der Waals surface area contributed by atoms with Gasteiger partial charge in [0, 0.05) is 31.7 Å². The Hall–Kier alpha value is -1.75. The zero-order chi connectivity index (χ0) is 16.1. The van der Waals surface area contributed by atoms with Gasteiger partial charge in [0.05, 0.1) is 6.54 Å². The maximum Gasteiger partial charge on any atom is 0.191 e. The number of nitrogens with zero attached hydrogens (tertiary/aromatic N) is 2. The summed E-state index contributed by atoms with van der Waals surface area (Å²) in [4.78, 5) is 7.31. The second-order valence-electron chi connectivity index (χ2n) is 6.55. The molecule has 23 heavy (non-hydrogen) atoms. The van der Waals surface area contributed by atoms with Crippen LogP contribution in [0, 0.1) is 0 Å². The third-order valence-corrected chi connectivity index (χ3v) is 4.63. The highest BCUT2D eigenvalue weighted by Gasteiger charge is 2.31. The van der Waals surface area contributed by atoms with E-state index in [-0.39, 0.29) is 0 Å². The number of nitrogens with one attached hydrogen (secondary N) is 2. The highest BCUT2D eigenvalue weighted by Crippen LogP contribution is 2.29. The van der Waals surface area contributed by atoms with Crippen molar-refractivity contribution in [1.29, 1.82) is 0 Å². The Bertz CT molecular complexity index is 516. The summed E-state index contributed by atoms with van der Waals surface area (Å²) >= 11 is 0. The van der Waals surface area contributed by atoms with E-state index in [2.05, 4.69) is 27.4 Å². The van der Waals surface area contributed by atoms with Gasteiger partial charge in [0.25, 0.3) is 0 Å². The lowest BCUT2D eigenvalue weighted by Crippen LogP contribution is -2.49. The second kappa shape index (κ2) is 7.68. The third-order valence-electron chi connectivity index (χ3n) is 4.63. The molecular formula is C18H28N4O. The molecule has 1 heterocycles. The molecule has 0 aromatic heterocycles. The van der Waals surface area contributed by atoms with E-state index in [4.69, 9.17) is 0 Å². The van der Waals surface area contributed by atoms with Gasteiger partial charge in [-0.15, -0.1) is 0 Å². The lowest BCUT2D eigenvalue weighted by molar-refractivity contribution is 0.197. The molecule has 3 N–H and O–H groups in total.